The molecule has 3 atom stereocenters. The number of hydrogen-bond acceptors (Lipinski definition) is 8. The van der Waals surface area contributed by atoms with E-state index in [-0.39, 0.29) is 31.1 Å². The third-order valence-corrected chi connectivity index (χ3v) is 8.77. The standard InChI is InChI=1S/C36H39N3O6S/c40-23-25-13-15-27(16-14-25)32-21-31(24-46-36-37-17-6-18-38-36)44-35(45-32)30-10-5-9-29(20-30)28-8-4-7-26(19-28)22-39-33(41)11-2-1-3-12-34(42)43/h4-10,13-20,31-32,35,40H,1-3,11-12,21-24H2,(H,39,41)(H,42,43)/t31-,32+,35+/m0/s1. The van der Waals surface area contributed by atoms with Gasteiger partial charge in [-0.25, -0.2) is 9.97 Å². The summed E-state index contributed by atoms with van der Waals surface area (Å²) in [5.41, 5.74) is 5.79. The molecule has 240 valence electrons. The molecule has 1 aliphatic rings. The second-order valence-corrected chi connectivity index (χ2v) is 12.2. The zero-order chi connectivity index (χ0) is 32.1. The number of unbranched alkanes of at least 4 members (excludes halogenated alkanes) is 2. The highest BCUT2D eigenvalue weighted by Gasteiger charge is 2.32. The van der Waals surface area contributed by atoms with Crippen LogP contribution in [0.15, 0.2) is 96.4 Å². The minimum absolute atomic E-state index is 0.00950. The Balaban J connectivity index is 1.26. The van der Waals surface area contributed by atoms with Gasteiger partial charge in [-0.2, -0.15) is 0 Å². The summed E-state index contributed by atoms with van der Waals surface area (Å²) in [4.78, 5) is 31.7. The predicted molar refractivity (Wildman–Crippen MR) is 176 cm³/mol. The molecule has 0 radical (unpaired) electrons. The average molecular weight is 642 g/mol. The van der Waals surface area contributed by atoms with E-state index < -0.39 is 12.3 Å². The number of ether oxygens (including phenoxy) is 2. The molecule has 10 heteroatoms. The fourth-order valence-electron chi connectivity index (χ4n) is 5.30. The molecule has 4 aromatic rings. The van der Waals surface area contributed by atoms with Gasteiger partial charge in [0.15, 0.2) is 11.4 Å². The van der Waals surface area contributed by atoms with Crippen molar-refractivity contribution in [3.8, 4) is 11.1 Å². The molecule has 1 aromatic heterocycles. The highest BCUT2D eigenvalue weighted by atomic mass is 32.2. The van der Waals surface area contributed by atoms with Crippen molar-refractivity contribution in [2.24, 2.45) is 0 Å². The average Bonchev–Trinajstić information content (AvgIpc) is 3.10. The third-order valence-electron chi connectivity index (χ3n) is 7.76. The van der Waals surface area contributed by atoms with Crippen LogP contribution in [-0.2, 0) is 32.2 Å². The smallest absolute Gasteiger partial charge is 0.303 e. The van der Waals surface area contributed by atoms with E-state index in [2.05, 4.69) is 27.4 Å². The van der Waals surface area contributed by atoms with Crippen LogP contribution in [0.1, 0.15) is 73.2 Å². The van der Waals surface area contributed by atoms with Gasteiger partial charge >= 0.3 is 5.97 Å². The lowest BCUT2D eigenvalue weighted by Crippen LogP contribution is -2.31. The maximum Gasteiger partial charge on any atom is 0.303 e. The van der Waals surface area contributed by atoms with E-state index >= 15 is 0 Å². The minimum Gasteiger partial charge on any atom is -0.481 e. The molecule has 0 bridgehead atoms. The Morgan fingerprint density at radius 1 is 0.826 bits per heavy atom. The van der Waals surface area contributed by atoms with Gasteiger partial charge in [0.05, 0.1) is 18.8 Å². The number of thioether (sulfide) groups is 1. The summed E-state index contributed by atoms with van der Waals surface area (Å²) in [5, 5.41) is 21.9. The highest BCUT2D eigenvalue weighted by molar-refractivity contribution is 7.99. The van der Waals surface area contributed by atoms with Crippen molar-refractivity contribution in [1.82, 2.24) is 15.3 Å². The molecule has 1 amide bonds. The number of benzene rings is 3. The molecule has 2 heterocycles. The lowest BCUT2D eigenvalue weighted by atomic mass is 9.99. The van der Waals surface area contributed by atoms with Crippen molar-refractivity contribution in [2.45, 2.75) is 75.3 Å². The number of hydrogen-bond donors (Lipinski definition) is 3. The number of carboxylic acid groups (broad SMARTS) is 1. The summed E-state index contributed by atoms with van der Waals surface area (Å²) >= 11 is 1.56. The predicted octanol–water partition coefficient (Wildman–Crippen LogP) is 6.62. The van der Waals surface area contributed by atoms with Crippen LogP contribution in [0, 0.1) is 0 Å². The Morgan fingerprint density at radius 2 is 1.57 bits per heavy atom. The van der Waals surface area contributed by atoms with Crippen LogP contribution in [0.2, 0.25) is 0 Å². The fourth-order valence-corrected chi connectivity index (χ4v) is 6.12. The highest BCUT2D eigenvalue weighted by Crippen LogP contribution is 2.40. The lowest BCUT2D eigenvalue weighted by molar-refractivity contribution is -0.245. The van der Waals surface area contributed by atoms with Crippen LogP contribution in [0.3, 0.4) is 0 Å². The quantitative estimate of drug-likeness (QED) is 0.0744. The molecule has 0 spiro atoms. The number of aliphatic hydroxyl groups is 1. The molecule has 1 fully saturated rings. The van der Waals surface area contributed by atoms with Crippen LogP contribution in [0.4, 0.5) is 0 Å². The Morgan fingerprint density at radius 3 is 2.33 bits per heavy atom. The van der Waals surface area contributed by atoms with Gasteiger partial charge in [-0.15, -0.1) is 0 Å². The van der Waals surface area contributed by atoms with Gasteiger partial charge in [-0.3, -0.25) is 9.59 Å². The number of nitrogens with one attached hydrogen (secondary N) is 1. The number of rotatable bonds is 15. The van der Waals surface area contributed by atoms with Gasteiger partial charge in [0.1, 0.15) is 0 Å². The fraction of sp³-hybridized carbons (Fsp3) is 0.333. The number of carbonyl (C=O) groups excluding carboxylic acids is 1. The summed E-state index contributed by atoms with van der Waals surface area (Å²) in [6.07, 6.45) is 5.74. The molecular formula is C36H39N3O6S. The molecule has 0 saturated carbocycles. The summed E-state index contributed by atoms with van der Waals surface area (Å²) in [5.74, 6) is -0.174. The monoisotopic (exact) mass is 641 g/mol. The topological polar surface area (TPSA) is 131 Å². The third kappa shape index (κ3) is 9.95. The molecule has 1 saturated heterocycles. The lowest BCUT2D eigenvalue weighted by Gasteiger charge is -2.36. The van der Waals surface area contributed by atoms with Crippen molar-refractivity contribution in [3.05, 3.63) is 114 Å². The molecule has 5 rings (SSSR count). The summed E-state index contributed by atoms with van der Waals surface area (Å²) < 4.78 is 13.1. The molecule has 46 heavy (non-hydrogen) atoms. The Kier molecular flexibility index (Phi) is 12.3. The van der Waals surface area contributed by atoms with Crippen molar-refractivity contribution >= 4 is 23.6 Å². The van der Waals surface area contributed by atoms with Crippen molar-refractivity contribution in [3.63, 3.8) is 0 Å². The van der Waals surface area contributed by atoms with E-state index in [4.69, 9.17) is 14.6 Å². The van der Waals surface area contributed by atoms with Gasteiger partial charge in [-0.05, 0) is 58.9 Å². The number of amides is 1. The maximum absolute atomic E-state index is 12.3. The van der Waals surface area contributed by atoms with Crippen LogP contribution in [0.25, 0.3) is 11.1 Å². The zero-order valence-electron chi connectivity index (χ0n) is 25.6. The number of carbonyl (C=O) groups is 2. The molecule has 3 aromatic carbocycles. The van der Waals surface area contributed by atoms with E-state index in [1.54, 1.807) is 30.2 Å². The summed E-state index contributed by atoms with van der Waals surface area (Å²) in [6.45, 7) is 0.405. The zero-order valence-corrected chi connectivity index (χ0v) is 26.4. The van der Waals surface area contributed by atoms with Crippen LogP contribution < -0.4 is 5.32 Å². The first kappa shape index (κ1) is 33.3. The number of aliphatic carboxylic acids is 1. The number of aromatic nitrogens is 2. The van der Waals surface area contributed by atoms with Crippen molar-refractivity contribution in [2.75, 3.05) is 5.75 Å². The van der Waals surface area contributed by atoms with Crippen molar-refractivity contribution < 1.29 is 29.3 Å². The van der Waals surface area contributed by atoms with E-state index in [1.807, 2.05) is 60.7 Å². The van der Waals surface area contributed by atoms with Gasteiger partial charge in [-0.1, -0.05) is 78.8 Å². The largest absolute Gasteiger partial charge is 0.481 e. The molecule has 9 nitrogen and oxygen atoms in total. The number of nitrogens with zero attached hydrogens (tertiary/aromatic N) is 2. The summed E-state index contributed by atoms with van der Waals surface area (Å²) in [6, 6.07) is 25.9. The molecule has 1 aliphatic heterocycles. The molecular weight excluding hydrogens is 602 g/mol. The second kappa shape index (κ2) is 17.0. The minimum atomic E-state index is -0.805. The van der Waals surface area contributed by atoms with E-state index in [0.717, 1.165) is 39.8 Å². The van der Waals surface area contributed by atoms with E-state index in [0.29, 0.717) is 43.1 Å². The molecule has 0 aliphatic carbocycles. The van der Waals surface area contributed by atoms with Gasteiger partial charge in [0, 0.05) is 49.5 Å². The maximum atomic E-state index is 12.3. The molecule has 3 N–H and O–H groups in total. The van der Waals surface area contributed by atoms with Crippen LogP contribution >= 0.6 is 11.8 Å². The van der Waals surface area contributed by atoms with Crippen LogP contribution in [0.5, 0.6) is 0 Å². The Labute approximate surface area is 273 Å². The van der Waals surface area contributed by atoms with E-state index in [9.17, 15) is 14.7 Å². The second-order valence-electron chi connectivity index (χ2n) is 11.2. The molecule has 0 unspecified atom stereocenters. The number of carboxylic acids is 1. The van der Waals surface area contributed by atoms with Gasteiger partial charge in [0.2, 0.25) is 5.91 Å². The van der Waals surface area contributed by atoms with E-state index in [1.165, 1.54) is 0 Å². The van der Waals surface area contributed by atoms with Gasteiger partial charge < -0.3 is 25.0 Å². The first-order valence-electron chi connectivity index (χ1n) is 15.5. The van der Waals surface area contributed by atoms with Crippen LogP contribution in [-0.4, -0.2) is 43.9 Å². The normalized spacial score (nSPS) is 17.8. The Hall–Kier alpha value is -4.09. The van der Waals surface area contributed by atoms with Crippen molar-refractivity contribution in [1.29, 1.82) is 0 Å². The first-order chi connectivity index (χ1) is 22.5. The SMILES string of the molecule is O=C(O)CCCCCC(=O)NCc1cccc(-c2cccc([C@@H]3O[C@H](CSc4ncccn4)C[C@H](c4ccc(CO)cc4)O3)c2)c1. The first-order valence-corrected chi connectivity index (χ1v) is 16.5. The van der Waals surface area contributed by atoms with Gasteiger partial charge in [0.25, 0.3) is 0 Å². The number of aliphatic hydroxyl groups excluding tert-OH is 1. The summed E-state index contributed by atoms with van der Waals surface area (Å²) in [7, 11) is 0. The Bertz CT molecular complexity index is 1570.